The van der Waals surface area contributed by atoms with Gasteiger partial charge in [0.25, 0.3) is 0 Å². The van der Waals surface area contributed by atoms with E-state index in [1.165, 1.54) is 77.4 Å². The van der Waals surface area contributed by atoms with Crippen molar-refractivity contribution in [1.29, 1.82) is 0 Å². The maximum absolute atomic E-state index is 3.53. The van der Waals surface area contributed by atoms with Crippen molar-refractivity contribution in [1.82, 2.24) is 10.2 Å². The molecule has 0 aromatic heterocycles. The van der Waals surface area contributed by atoms with Gasteiger partial charge in [0, 0.05) is 12.6 Å². The smallest absolute Gasteiger partial charge is 0.00924 e. The lowest BCUT2D eigenvalue weighted by Crippen LogP contribution is -2.46. The summed E-state index contributed by atoms with van der Waals surface area (Å²) >= 11 is 0. The Morgan fingerprint density at radius 1 is 1.11 bits per heavy atom. The predicted octanol–water partition coefficient (Wildman–Crippen LogP) is 3.42. The second-order valence-electron chi connectivity index (χ2n) is 6.71. The van der Waals surface area contributed by atoms with Crippen LogP contribution in [0, 0.1) is 5.41 Å². The van der Waals surface area contributed by atoms with Gasteiger partial charge in [-0.2, -0.15) is 0 Å². The van der Waals surface area contributed by atoms with Crippen molar-refractivity contribution in [3.05, 3.63) is 0 Å². The molecule has 0 radical (unpaired) electrons. The number of hydrogen-bond acceptors (Lipinski definition) is 2. The lowest BCUT2D eigenvalue weighted by atomic mass is 9.74. The van der Waals surface area contributed by atoms with Crippen molar-refractivity contribution >= 4 is 0 Å². The molecule has 0 bridgehead atoms. The van der Waals surface area contributed by atoms with Gasteiger partial charge in [0.15, 0.2) is 0 Å². The van der Waals surface area contributed by atoms with Gasteiger partial charge in [0.2, 0.25) is 0 Å². The summed E-state index contributed by atoms with van der Waals surface area (Å²) in [5.41, 5.74) is 0.617. The van der Waals surface area contributed by atoms with Gasteiger partial charge in [-0.1, -0.05) is 32.6 Å². The molecule has 1 aliphatic heterocycles. The first-order valence-corrected chi connectivity index (χ1v) is 8.17. The van der Waals surface area contributed by atoms with E-state index in [-0.39, 0.29) is 0 Å². The fourth-order valence-electron chi connectivity index (χ4n) is 4.15. The molecule has 2 nitrogen and oxygen atoms in total. The minimum atomic E-state index is 0.617. The van der Waals surface area contributed by atoms with Gasteiger partial charge < -0.3 is 10.2 Å². The molecule has 2 aliphatic rings. The highest BCUT2D eigenvalue weighted by atomic mass is 15.1. The summed E-state index contributed by atoms with van der Waals surface area (Å²) < 4.78 is 0. The molecule has 18 heavy (non-hydrogen) atoms. The lowest BCUT2D eigenvalue weighted by molar-refractivity contribution is 0.0783. The minimum absolute atomic E-state index is 0.617. The number of hydrogen-bond donors (Lipinski definition) is 1. The van der Waals surface area contributed by atoms with Crippen molar-refractivity contribution in [2.24, 2.45) is 5.41 Å². The zero-order valence-electron chi connectivity index (χ0n) is 12.5. The second-order valence-corrected chi connectivity index (χ2v) is 6.71. The first-order chi connectivity index (χ1) is 8.76. The number of piperidine rings is 1. The molecular formula is C16H32N2. The van der Waals surface area contributed by atoms with Crippen LogP contribution in [0.3, 0.4) is 0 Å². The molecule has 2 heteroatoms. The minimum Gasteiger partial charge on any atom is -0.317 e. The van der Waals surface area contributed by atoms with E-state index in [2.05, 4.69) is 24.2 Å². The quantitative estimate of drug-likeness (QED) is 0.806. The van der Waals surface area contributed by atoms with Crippen LogP contribution >= 0.6 is 0 Å². The van der Waals surface area contributed by atoms with Crippen molar-refractivity contribution in [3.8, 4) is 0 Å². The van der Waals surface area contributed by atoms with Crippen LogP contribution in [0.15, 0.2) is 0 Å². The van der Waals surface area contributed by atoms with Crippen LogP contribution < -0.4 is 5.32 Å². The highest BCUT2D eigenvalue weighted by Crippen LogP contribution is 2.36. The van der Waals surface area contributed by atoms with Gasteiger partial charge in [0.05, 0.1) is 0 Å². The van der Waals surface area contributed by atoms with E-state index in [0.29, 0.717) is 5.41 Å². The third kappa shape index (κ3) is 3.71. The molecule has 0 unspecified atom stereocenters. The van der Waals surface area contributed by atoms with E-state index in [1.807, 2.05) is 0 Å². The van der Waals surface area contributed by atoms with Gasteiger partial charge in [-0.3, -0.25) is 0 Å². The van der Waals surface area contributed by atoms with Gasteiger partial charge in [-0.25, -0.2) is 0 Å². The summed E-state index contributed by atoms with van der Waals surface area (Å²) in [6, 6.07) is 0.877. The lowest BCUT2D eigenvalue weighted by Gasteiger charge is -2.43. The Kier molecular flexibility index (Phi) is 5.50. The Labute approximate surface area is 114 Å². The van der Waals surface area contributed by atoms with Crippen LogP contribution in [0.25, 0.3) is 0 Å². The molecule has 0 atom stereocenters. The topological polar surface area (TPSA) is 15.3 Å². The van der Waals surface area contributed by atoms with Crippen LogP contribution in [0.5, 0.6) is 0 Å². The Morgan fingerprint density at radius 2 is 1.78 bits per heavy atom. The fourth-order valence-corrected chi connectivity index (χ4v) is 4.15. The van der Waals surface area contributed by atoms with Crippen LogP contribution in [-0.2, 0) is 0 Å². The fraction of sp³-hybridized carbons (Fsp3) is 1.00. The summed E-state index contributed by atoms with van der Waals surface area (Å²) in [7, 11) is 2.38. The van der Waals surface area contributed by atoms with Crippen LogP contribution in [-0.4, -0.2) is 37.6 Å². The molecule has 0 amide bonds. The van der Waals surface area contributed by atoms with E-state index in [9.17, 15) is 0 Å². The molecule has 2 rings (SSSR count). The number of rotatable bonds is 5. The van der Waals surface area contributed by atoms with E-state index in [1.54, 1.807) is 0 Å². The summed E-state index contributed by atoms with van der Waals surface area (Å²) in [6.45, 7) is 6.16. The molecule has 1 saturated heterocycles. The van der Waals surface area contributed by atoms with E-state index < -0.39 is 0 Å². The summed E-state index contributed by atoms with van der Waals surface area (Å²) in [5.74, 6) is 0. The van der Waals surface area contributed by atoms with Gasteiger partial charge in [0.1, 0.15) is 0 Å². The third-order valence-corrected chi connectivity index (χ3v) is 5.23. The van der Waals surface area contributed by atoms with Crippen molar-refractivity contribution in [2.45, 2.75) is 70.8 Å². The normalized spacial score (nSPS) is 25.5. The first kappa shape index (κ1) is 14.3. The molecule has 0 spiro atoms. The molecule has 1 saturated carbocycles. The maximum Gasteiger partial charge on any atom is 0.00924 e. The predicted molar refractivity (Wildman–Crippen MR) is 78.9 cm³/mol. The number of nitrogens with one attached hydrogen (secondary N) is 1. The Balaban J connectivity index is 1.90. The standard InChI is InChI=1S/C16H32N2/c1-3-9-16(10-12-17-13-11-16)14-18(2)15-7-5-4-6-8-15/h15,17H,3-14H2,1-2H3. The molecule has 1 aliphatic carbocycles. The molecule has 1 N–H and O–H groups in total. The van der Waals surface area contributed by atoms with Crippen LogP contribution in [0.1, 0.15) is 64.7 Å². The van der Waals surface area contributed by atoms with Gasteiger partial charge in [-0.05, 0) is 57.7 Å². The Bertz CT molecular complexity index is 222. The summed E-state index contributed by atoms with van der Waals surface area (Å²) in [6.07, 6.45) is 12.8. The summed E-state index contributed by atoms with van der Waals surface area (Å²) in [4.78, 5) is 2.71. The van der Waals surface area contributed by atoms with Gasteiger partial charge in [-0.15, -0.1) is 0 Å². The highest BCUT2D eigenvalue weighted by molar-refractivity contribution is 4.88. The number of nitrogens with zero attached hydrogens (tertiary/aromatic N) is 1. The molecule has 1 heterocycles. The maximum atomic E-state index is 3.53. The highest BCUT2D eigenvalue weighted by Gasteiger charge is 2.33. The molecule has 0 aromatic rings. The third-order valence-electron chi connectivity index (χ3n) is 5.23. The van der Waals surface area contributed by atoms with Crippen molar-refractivity contribution in [3.63, 3.8) is 0 Å². The van der Waals surface area contributed by atoms with Crippen LogP contribution in [0.4, 0.5) is 0 Å². The largest absolute Gasteiger partial charge is 0.317 e. The van der Waals surface area contributed by atoms with Gasteiger partial charge >= 0.3 is 0 Å². The Hall–Kier alpha value is -0.0800. The average Bonchev–Trinajstić information content (AvgIpc) is 2.41. The average molecular weight is 252 g/mol. The molecule has 106 valence electrons. The molecular weight excluding hydrogens is 220 g/mol. The second kappa shape index (κ2) is 6.91. The molecule has 0 aromatic carbocycles. The Morgan fingerprint density at radius 3 is 2.39 bits per heavy atom. The monoisotopic (exact) mass is 252 g/mol. The van der Waals surface area contributed by atoms with E-state index in [4.69, 9.17) is 0 Å². The zero-order chi connectivity index (χ0) is 12.8. The van der Waals surface area contributed by atoms with E-state index >= 15 is 0 Å². The molecule has 2 fully saturated rings. The zero-order valence-corrected chi connectivity index (χ0v) is 12.5. The summed E-state index contributed by atoms with van der Waals surface area (Å²) in [5, 5.41) is 3.53. The SMILES string of the molecule is CCCC1(CN(C)C2CCCCC2)CCNCC1. The van der Waals surface area contributed by atoms with Crippen LogP contribution in [0.2, 0.25) is 0 Å². The van der Waals surface area contributed by atoms with Crippen molar-refractivity contribution in [2.75, 3.05) is 26.7 Å². The van der Waals surface area contributed by atoms with Crippen molar-refractivity contribution < 1.29 is 0 Å². The van der Waals surface area contributed by atoms with E-state index in [0.717, 1.165) is 6.04 Å². The first-order valence-electron chi connectivity index (χ1n) is 8.17.